The maximum absolute atomic E-state index is 12.1. The molecular formula is C25H25NO4. The predicted octanol–water partition coefficient (Wildman–Crippen LogP) is 4.17. The molecule has 0 aliphatic carbocycles. The number of anilines is 1. The van der Waals surface area contributed by atoms with Crippen molar-refractivity contribution in [1.29, 1.82) is 0 Å². The highest BCUT2D eigenvalue weighted by Gasteiger charge is 2.06. The van der Waals surface area contributed by atoms with E-state index in [9.17, 15) is 9.59 Å². The van der Waals surface area contributed by atoms with E-state index in [0.29, 0.717) is 25.3 Å². The summed E-state index contributed by atoms with van der Waals surface area (Å²) in [6, 6.07) is 26.7. The SMILES string of the molecule is O=C(COCc1ccccc1)Cc1ccc(NC(=O)COCc2ccccc2)cc1. The molecule has 3 aromatic carbocycles. The van der Waals surface area contributed by atoms with Gasteiger partial charge in [0, 0.05) is 12.1 Å². The maximum atomic E-state index is 12.1. The van der Waals surface area contributed by atoms with Crippen LogP contribution in [0.25, 0.3) is 0 Å². The summed E-state index contributed by atoms with van der Waals surface area (Å²) in [6.07, 6.45) is 0.295. The first-order valence-corrected chi connectivity index (χ1v) is 9.83. The molecule has 0 saturated heterocycles. The quantitative estimate of drug-likeness (QED) is 0.522. The van der Waals surface area contributed by atoms with Gasteiger partial charge in [0.25, 0.3) is 0 Å². The highest BCUT2D eigenvalue weighted by Crippen LogP contribution is 2.11. The summed E-state index contributed by atoms with van der Waals surface area (Å²) in [4.78, 5) is 24.1. The standard InChI is InChI=1S/C25H25NO4/c27-24(18-29-16-21-7-3-1-4-8-21)15-20-11-13-23(14-12-20)26-25(28)19-30-17-22-9-5-2-6-10-22/h1-14H,15-19H2,(H,26,28). The van der Waals surface area contributed by atoms with Crippen LogP contribution in [0.5, 0.6) is 0 Å². The second kappa shape index (κ2) is 11.7. The monoisotopic (exact) mass is 403 g/mol. The zero-order valence-corrected chi connectivity index (χ0v) is 16.8. The van der Waals surface area contributed by atoms with Gasteiger partial charge in [-0.3, -0.25) is 9.59 Å². The molecule has 5 heteroatoms. The number of hydrogen-bond acceptors (Lipinski definition) is 4. The van der Waals surface area contributed by atoms with Crippen molar-refractivity contribution in [2.45, 2.75) is 19.6 Å². The Balaban J connectivity index is 1.35. The molecule has 0 bridgehead atoms. The Kier molecular flexibility index (Phi) is 8.33. The molecule has 0 saturated carbocycles. The minimum absolute atomic E-state index is 0.0111. The zero-order chi connectivity index (χ0) is 21.0. The molecule has 154 valence electrons. The number of nitrogens with one attached hydrogen (secondary N) is 1. The van der Waals surface area contributed by atoms with Crippen LogP contribution in [-0.2, 0) is 38.7 Å². The normalized spacial score (nSPS) is 10.5. The van der Waals surface area contributed by atoms with E-state index >= 15 is 0 Å². The van der Waals surface area contributed by atoms with E-state index in [2.05, 4.69) is 5.32 Å². The fourth-order valence-electron chi connectivity index (χ4n) is 2.87. The van der Waals surface area contributed by atoms with E-state index in [4.69, 9.17) is 9.47 Å². The van der Waals surface area contributed by atoms with Crippen LogP contribution in [0.2, 0.25) is 0 Å². The van der Waals surface area contributed by atoms with Crippen LogP contribution in [-0.4, -0.2) is 24.9 Å². The number of rotatable bonds is 11. The third kappa shape index (κ3) is 7.62. The molecule has 0 fully saturated rings. The molecule has 3 aromatic rings. The molecule has 0 aliphatic rings. The zero-order valence-electron chi connectivity index (χ0n) is 16.8. The van der Waals surface area contributed by atoms with Gasteiger partial charge in [0.2, 0.25) is 5.91 Å². The molecule has 1 N–H and O–H groups in total. The first kappa shape index (κ1) is 21.4. The molecule has 0 atom stereocenters. The molecule has 30 heavy (non-hydrogen) atoms. The van der Waals surface area contributed by atoms with Gasteiger partial charge in [-0.05, 0) is 28.8 Å². The Morgan fingerprint density at radius 3 is 1.73 bits per heavy atom. The van der Waals surface area contributed by atoms with Crippen LogP contribution in [0.3, 0.4) is 0 Å². The van der Waals surface area contributed by atoms with Gasteiger partial charge in [-0.2, -0.15) is 0 Å². The summed E-state index contributed by atoms with van der Waals surface area (Å²) in [5.74, 6) is -0.207. The van der Waals surface area contributed by atoms with Crippen molar-refractivity contribution in [1.82, 2.24) is 0 Å². The molecule has 0 radical (unpaired) electrons. The molecule has 0 spiro atoms. The van der Waals surface area contributed by atoms with Crippen LogP contribution in [0.1, 0.15) is 16.7 Å². The molecular weight excluding hydrogens is 378 g/mol. The Hall–Kier alpha value is -3.28. The van der Waals surface area contributed by atoms with Crippen LogP contribution >= 0.6 is 0 Å². The lowest BCUT2D eigenvalue weighted by Crippen LogP contribution is -2.18. The second-order valence-electron chi connectivity index (χ2n) is 6.92. The predicted molar refractivity (Wildman–Crippen MR) is 116 cm³/mol. The van der Waals surface area contributed by atoms with Crippen LogP contribution in [0.15, 0.2) is 84.9 Å². The smallest absolute Gasteiger partial charge is 0.250 e. The first-order chi connectivity index (χ1) is 14.7. The number of hydrogen-bond donors (Lipinski definition) is 1. The van der Waals surface area contributed by atoms with E-state index < -0.39 is 0 Å². The van der Waals surface area contributed by atoms with Gasteiger partial charge < -0.3 is 14.8 Å². The summed E-state index contributed by atoms with van der Waals surface area (Å²) < 4.78 is 10.9. The molecule has 0 unspecified atom stereocenters. The van der Waals surface area contributed by atoms with Gasteiger partial charge >= 0.3 is 0 Å². The molecule has 3 rings (SSSR count). The van der Waals surface area contributed by atoms with Gasteiger partial charge in [0.15, 0.2) is 5.78 Å². The average Bonchev–Trinajstić information content (AvgIpc) is 2.77. The lowest BCUT2D eigenvalue weighted by atomic mass is 10.1. The van der Waals surface area contributed by atoms with E-state index in [1.165, 1.54) is 0 Å². The van der Waals surface area contributed by atoms with Crippen LogP contribution in [0, 0.1) is 0 Å². The number of Topliss-reactive ketones (excluding diaryl/α,β-unsaturated/α-hetero) is 1. The summed E-state index contributed by atoms with van der Waals surface area (Å²) in [5, 5.41) is 2.79. The van der Waals surface area contributed by atoms with Crippen molar-refractivity contribution < 1.29 is 19.1 Å². The first-order valence-electron chi connectivity index (χ1n) is 9.83. The number of ether oxygens (including phenoxy) is 2. The number of carbonyl (C=O) groups excluding carboxylic acids is 2. The Bertz CT molecular complexity index is 846. The molecule has 5 nitrogen and oxygen atoms in total. The van der Waals surface area contributed by atoms with Crippen LogP contribution < -0.4 is 5.32 Å². The molecule has 1 amide bonds. The summed E-state index contributed by atoms with van der Waals surface area (Å²) in [6.45, 7) is 0.867. The lowest BCUT2D eigenvalue weighted by Gasteiger charge is -2.08. The number of benzene rings is 3. The van der Waals surface area contributed by atoms with Crippen molar-refractivity contribution in [3.63, 3.8) is 0 Å². The van der Waals surface area contributed by atoms with Gasteiger partial charge in [-0.1, -0.05) is 72.8 Å². The summed E-state index contributed by atoms with van der Waals surface area (Å²) in [5.41, 5.74) is 3.60. The summed E-state index contributed by atoms with van der Waals surface area (Å²) in [7, 11) is 0. The minimum Gasteiger partial charge on any atom is -0.369 e. The molecule has 0 heterocycles. The largest absolute Gasteiger partial charge is 0.369 e. The van der Waals surface area contributed by atoms with E-state index in [0.717, 1.165) is 16.7 Å². The highest BCUT2D eigenvalue weighted by molar-refractivity contribution is 5.91. The molecule has 0 aromatic heterocycles. The van der Waals surface area contributed by atoms with E-state index in [1.54, 1.807) is 12.1 Å². The number of carbonyl (C=O) groups is 2. The van der Waals surface area contributed by atoms with Gasteiger partial charge in [-0.15, -0.1) is 0 Å². The highest BCUT2D eigenvalue weighted by atomic mass is 16.5. The van der Waals surface area contributed by atoms with E-state index in [-0.39, 0.29) is 24.9 Å². The van der Waals surface area contributed by atoms with Crippen molar-refractivity contribution in [3.8, 4) is 0 Å². The van der Waals surface area contributed by atoms with Crippen molar-refractivity contribution in [3.05, 3.63) is 102 Å². The van der Waals surface area contributed by atoms with Gasteiger partial charge in [0.1, 0.15) is 13.2 Å². The minimum atomic E-state index is -0.218. The lowest BCUT2D eigenvalue weighted by molar-refractivity contribution is -0.123. The van der Waals surface area contributed by atoms with Gasteiger partial charge in [0.05, 0.1) is 13.2 Å². The van der Waals surface area contributed by atoms with Crippen LogP contribution in [0.4, 0.5) is 5.69 Å². The van der Waals surface area contributed by atoms with Crippen molar-refractivity contribution in [2.75, 3.05) is 18.5 Å². The third-order valence-corrected chi connectivity index (χ3v) is 4.36. The van der Waals surface area contributed by atoms with E-state index in [1.807, 2.05) is 72.8 Å². The number of amides is 1. The Morgan fingerprint density at radius 1 is 0.633 bits per heavy atom. The summed E-state index contributed by atoms with van der Waals surface area (Å²) >= 11 is 0. The average molecular weight is 403 g/mol. The fraction of sp³-hybridized carbons (Fsp3) is 0.200. The Morgan fingerprint density at radius 2 is 1.17 bits per heavy atom. The van der Waals surface area contributed by atoms with Gasteiger partial charge in [-0.25, -0.2) is 0 Å². The second-order valence-corrected chi connectivity index (χ2v) is 6.92. The Labute approximate surface area is 176 Å². The fourth-order valence-corrected chi connectivity index (χ4v) is 2.87. The van der Waals surface area contributed by atoms with Crippen molar-refractivity contribution >= 4 is 17.4 Å². The third-order valence-electron chi connectivity index (χ3n) is 4.36. The van der Waals surface area contributed by atoms with Crippen molar-refractivity contribution in [2.24, 2.45) is 0 Å². The molecule has 0 aliphatic heterocycles. The maximum Gasteiger partial charge on any atom is 0.250 e. The topological polar surface area (TPSA) is 64.6 Å². The number of ketones is 1.